The molecule has 0 aliphatic carbocycles. The second kappa shape index (κ2) is 4.79. The van der Waals surface area contributed by atoms with E-state index in [2.05, 4.69) is 28.8 Å². The minimum Gasteiger partial charge on any atom is -0.373 e. The van der Waals surface area contributed by atoms with E-state index < -0.39 is 0 Å². The normalized spacial score (nSPS) is 10.0. The molecule has 14 heavy (non-hydrogen) atoms. The zero-order valence-electron chi connectivity index (χ0n) is 9.36. The first kappa shape index (κ1) is 10.8. The first-order chi connectivity index (χ1) is 6.66. The van der Waals surface area contributed by atoms with Gasteiger partial charge in [0, 0.05) is 27.7 Å². The molecule has 0 unspecified atom stereocenters. The molecule has 78 valence electrons. The number of anilines is 2. The number of rotatable bonds is 4. The van der Waals surface area contributed by atoms with E-state index in [9.17, 15) is 0 Å². The molecular formula is C10H18N4. The topological polar surface area (TPSA) is 32.3 Å². The van der Waals surface area contributed by atoms with Gasteiger partial charge in [0.1, 0.15) is 6.33 Å². The van der Waals surface area contributed by atoms with Crippen molar-refractivity contribution >= 4 is 11.5 Å². The Morgan fingerprint density at radius 3 is 2.57 bits per heavy atom. The van der Waals surface area contributed by atoms with E-state index >= 15 is 0 Å². The zero-order chi connectivity index (χ0) is 10.6. The van der Waals surface area contributed by atoms with Crippen LogP contribution in [-0.2, 0) is 0 Å². The lowest BCUT2D eigenvalue weighted by molar-refractivity contribution is 0.831. The maximum Gasteiger partial charge on any atom is 0.155 e. The molecule has 1 aromatic heterocycles. The van der Waals surface area contributed by atoms with E-state index in [0.29, 0.717) is 0 Å². The van der Waals surface area contributed by atoms with Crippen molar-refractivity contribution in [2.24, 2.45) is 0 Å². The van der Waals surface area contributed by atoms with E-state index in [0.717, 1.165) is 24.5 Å². The number of hydrogen-bond donors (Lipinski definition) is 0. The van der Waals surface area contributed by atoms with Gasteiger partial charge in [-0.15, -0.1) is 0 Å². The van der Waals surface area contributed by atoms with Crippen LogP contribution in [0.4, 0.5) is 11.5 Å². The number of aromatic nitrogens is 2. The molecule has 4 nitrogen and oxygen atoms in total. The Balaban J connectivity index is 2.94. The average Bonchev–Trinajstić information content (AvgIpc) is 2.18. The van der Waals surface area contributed by atoms with Crippen molar-refractivity contribution < 1.29 is 0 Å². The molecule has 0 saturated carbocycles. The Bertz CT molecular complexity index is 285. The van der Waals surface area contributed by atoms with Crippen LogP contribution in [0.5, 0.6) is 0 Å². The highest BCUT2D eigenvalue weighted by molar-refractivity contribution is 5.64. The maximum atomic E-state index is 4.29. The predicted molar refractivity (Wildman–Crippen MR) is 59.9 cm³/mol. The second-order valence-corrected chi connectivity index (χ2v) is 3.55. The van der Waals surface area contributed by atoms with Gasteiger partial charge in [-0.1, -0.05) is 6.92 Å². The van der Waals surface area contributed by atoms with Crippen LogP contribution in [0.3, 0.4) is 0 Å². The SMILES string of the molecule is CCCN(C)c1ncncc1N(C)C. The minimum absolute atomic E-state index is 0.992. The average molecular weight is 194 g/mol. The molecule has 0 radical (unpaired) electrons. The van der Waals surface area contributed by atoms with E-state index in [1.54, 1.807) is 6.33 Å². The second-order valence-electron chi connectivity index (χ2n) is 3.55. The molecule has 0 aliphatic heterocycles. The highest BCUT2D eigenvalue weighted by Crippen LogP contribution is 2.22. The summed E-state index contributed by atoms with van der Waals surface area (Å²) in [6.45, 7) is 3.17. The summed E-state index contributed by atoms with van der Waals surface area (Å²) in [7, 11) is 6.06. The highest BCUT2D eigenvalue weighted by atomic mass is 15.2. The van der Waals surface area contributed by atoms with Gasteiger partial charge in [0.25, 0.3) is 0 Å². The molecule has 0 bridgehead atoms. The fourth-order valence-corrected chi connectivity index (χ4v) is 1.37. The van der Waals surface area contributed by atoms with Crippen LogP contribution in [0.2, 0.25) is 0 Å². The Hall–Kier alpha value is -1.32. The van der Waals surface area contributed by atoms with E-state index in [1.807, 2.05) is 25.2 Å². The fraction of sp³-hybridized carbons (Fsp3) is 0.600. The van der Waals surface area contributed by atoms with Crippen LogP contribution in [0.15, 0.2) is 12.5 Å². The van der Waals surface area contributed by atoms with Crippen LogP contribution >= 0.6 is 0 Å². The lowest BCUT2D eigenvalue weighted by atomic mass is 10.3. The summed E-state index contributed by atoms with van der Waals surface area (Å²) in [6, 6.07) is 0. The quantitative estimate of drug-likeness (QED) is 0.725. The van der Waals surface area contributed by atoms with Crippen molar-refractivity contribution in [3.8, 4) is 0 Å². The zero-order valence-corrected chi connectivity index (χ0v) is 9.36. The molecule has 0 amide bonds. The Labute approximate surface area is 85.6 Å². The summed E-state index contributed by atoms with van der Waals surface area (Å²) < 4.78 is 0. The van der Waals surface area contributed by atoms with Crippen molar-refractivity contribution in [1.82, 2.24) is 9.97 Å². The standard InChI is InChI=1S/C10H18N4/c1-5-6-14(4)10-9(13(2)3)7-11-8-12-10/h7-8H,5-6H2,1-4H3. The third-order valence-electron chi connectivity index (χ3n) is 2.07. The van der Waals surface area contributed by atoms with Crippen molar-refractivity contribution in [3.05, 3.63) is 12.5 Å². The van der Waals surface area contributed by atoms with Gasteiger partial charge in [-0.25, -0.2) is 9.97 Å². The van der Waals surface area contributed by atoms with Gasteiger partial charge < -0.3 is 9.80 Å². The number of nitrogens with zero attached hydrogens (tertiary/aromatic N) is 4. The van der Waals surface area contributed by atoms with Crippen LogP contribution in [0, 0.1) is 0 Å². The molecule has 0 aromatic carbocycles. The Morgan fingerprint density at radius 2 is 2.00 bits per heavy atom. The van der Waals surface area contributed by atoms with Crippen LogP contribution < -0.4 is 9.80 Å². The first-order valence-corrected chi connectivity index (χ1v) is 4.85. The minimum atomic E-state index is 0.992. The molecule has 0 aliphatic rings. The lowest BCUT2D eigenvalue weighted by Gasteiger charge is -2.23. The molecular weight excluding hydrogens is 176 g/mol. The molecule has 0 saturated heterocycles. The number of hydrogen-bond acceptors (Lipinski definition) is 4. The van der Waals surface area contributed by atoms with Crippen molar-refractivity contribution in [3.63, 3.8) is 0 Å². The van der Waals surface area contributed by atoms with E-state index in [4.69, 9.17) is 0 Å². The van der Waals surface area contributed by atoms with Gasteiger partial charge in [-0.3, -0.25) is 0 Å². The predicted octanol–water partition coefficient (Wildman–Crippen LogP) is 1.39. The first-order valence-electron chi connectivity index (χ1n) is 4.85. The summed E-state index contributed by atoms with van der Waals surface area (Å²) in [4.78, 5) is 12.5. The van der Waals surface area contributed by atoms with Gasteiger partial charge >= 0.3 is 0 Å². The fourth-order valence-electron chi connectivity index (χ4n) is 1.37. The molecule has 1 aromatic rings. The van der Waals surface area contributed by atoms with Gasteiger partial charge in [0.15, 0.2) is 5.82 Å². The molecule has 4 heteroatoms. The van der Waals surface area contributed by atoms with E-state index in [1.165, 1.54) is 0 Å². The maximum absolute atomic E-state index is 4.29. The molecule has 0 N–H and O–H groups in total. The van der Waals surface area contributed by atoms with E-state index in [-0.39, 0.29) is 0 Å². The summed E-state index contributed by atoms with van der Waals surface area (Å²) in [5.74, 6) is 0.992. The summed E-state index contributed by atoms with van der Waals surface area (Å²) in [5, 5.41) is 0. The smallest absolute Gasteiger partial charge is 0.155 e. The Morgan fingerprint density at radius 1 is 1.29 bits per heavy atom. The third-order valence-corrected chi connectivity index (χ3v) is 2.07. The third kappa shape index (κ3) is 2.34. The molecule has 0 spiro atoms. The van der Waals surface area contributed by atoms with Gasteiger partial charge in [-0.05, 0) is 6.42 Å². The Kier molecular flexibility index (Phi) is 3.68. The summed E-state index contributed by atoms with van der Waals surface area (Å²) in [6.07, 6.45) is 4.55. The highest BCUT2D eigenvalue weighted by Gasteiger charge is 2.09. The monoisotopic (exact) mass is 194 g/mol. The van der Waals surface area contributed by atoms with Crippen molar-refractivity contribution in [1.29, 1.82) is 0 Å². The lowest BCUT2D eigenvalue weighted by Crippen LogP contribution is -2.23. The van der Waals surface area contributed by atoms with Gasteiger partial charge in [-0.2, -0.15) is 0 Å². The largest absolute Gasteiger partial charge is 0.373 e. The van der Waals surface area contributed by atoms with Crippen LogP contribution in [0.25, 0.3) is 0 Å². The summed E-state index contributed by atoms with van der Waals surface area (Å²) in [5.41, 5.74) is 1.06. The van der Waals surface area contributed by atoms with Gasteiger partial charge in [0.2, 0.25) is 0 Å². The van der Waals surface area contributed by atoms with Crippen molar-refractivity contribution in [2.75, 3.05) is 37.5 Å². The van der Waals surface area contributed by atoms with Gasteiger partial charge in [0.05, 0.1) is 11.9 Å². The summed E-state index contributed by atoms with van der Waals surface area (Å²) >= 11 is 0. The molecule has 0 atom stereocenters. The van der Waals surface area contributed by atoms with Crippen LogP contribution in [-0.4, -0.2) is 37.7 Å². The molecule has 1 heterocycles. The van der Waals surface area contributed by atoms with Crippen LogP contribution in [0.1, 0.15) is 13.3 Å². The molecule has 0 fully saturated rings. The van der Waals surface area contributed by atoms with Crippen molar-refractivity contribution in [2.45, 2.75) is 13.3 Å². The molecule has 1 rings (SSSR count).